The van der Waals surface area contributed by atoms with Crippen LogP contribution in [0.15, 0.2) is 40.8 Å². The molecule has 2 amide bonds. The van der Waals surface area contributed by atoms with Crippen LogP contribution in [0.25, 0.3) is 0 Å². The van der Waals surface area contributed by atoms with Crippen molar-refractivity contribution < 1.29 is 29.4 Å². The number of hydroxylamine groups is 1. The Morgan fingerprint density at radius 2 is 1.85 bits per heavy atom. The summed E-state index contributed by atoms with van der Waals surface area (Å²) in [5.41, 5.74) is 2.28. The van der Waals surface area contributed by atoms with Crippen molar-refractivity contribution in [1.82, 2.24) is 10.8 Å². The summed E-state index contributed by atoms with van der Waals surface area (Å²) in [7, 11) is 0. The zero-order valence-corrected chi connectivity index (χ0v) is 13.9. The number of benzene rings is 1. The Morgan fingerprint density at radius 1 is 1.15 bits per heavy atom. The van der Waals surface area contributed by atoms with Crippen molar-refractivity contribution in [3.05, 3.63) is 59.0 Å². The van der Waals surface area contributed by atoms with Crippen molar-refractivity contribution >= 4 is 11.8 Å². The molecule has 0 saturated heterocycles. The van der Waals surface area contributed by atoms with E-state index < -0.39 is 24.0 Å². The van der Waals surface area contributed by atoms with E-state index in [1.807, 2.05) is 0 Å². The van der Waals surface area contributed by atoms with Crippen LogP contribution in [-0.2, 0) is 11.4 Å². The average Bonchev–Trinajstić information content (AvgIpc) is 3.12. The number of carbonyl (C=O) groups is 2. The van der Waals surface area contributed by atoms with Crippen molar-refractivity contribution in [2.45, 2.75) is 25.7 Å². The number of aliphatic hydroxyl groups excluding tert-OH is 2. The van der Waals surface area contributed by atoms with Crippen LogP contribution < -0.4 is 10.8 Å². The van der Waals surface area contributed by atoms with Gasteiger partial charge in [-0.2, -0.15) is 0 Å². The molecule has 1 aromatic carbocycles. The molecule has 8 nitrogen and oxygen atoms in total. The third-order valence-electron chi connectivity index (χ3n) is 3.46. The van der Waals surface area contributed by atoms with Crippen LogP contribution in [0.4, 0.5) is 0 Å². The normalized spacial score (nSPS) is 12.5. The first-order valence-electron chi connectivity index (χ1n) is 7.69. The fourth-order valence-electron chi connectivity index (χ4n) is 2.07. The lowest BCUT2D eigenvalue weighted by atomic mass is 10.1. The summed E-state index contributed by atoms with van der Waals surface area (Å²) >= 11 is 0. The SMILES string of the molecule is C[C@@H](O)[C@@H](NC(=O)c1ccc(C#Cc2ccc(CO)o2)cc1)C(=O)NO. The Kier molecular flexibility index (Phi) is 6.52. The lowest BCUT2D eigenvalue weighted by molar-refractivity contribution is -0.133. The fraction of sp³-hybridized carbons (Fsp3) is 0.222. The van der Waals surface area contributed by atoms with E-state index in [1.165, 1.54) is 24.5 Å². The topological polar surface area (TPSA) is 132 Å². The molecule has 2 aromatic rings. The molecular formula is C18H18N2O6. The average molecular weight is 358 g/mol. The van der Waals surface area contributed by atoms with Crippen LogP contribution >= 0.6 is 0 Å². The van der Waals surface area contributed by atoms with E-state index in [1.54, 1.807) is 24.3 Å². The van der Waals surface area contributed by atoms with Crippen LogP contribution in [0.2, 0.25) is 0 Å². The second-order valence-corrected chi connectivity index (χ2v) is 5.42. The minimum Gasteiger partial charge on any atom is -0.450 e. The molecule has 2 atom stereocenters. The number of hydrogen-bond acceptors (Lipinski definition) is 6. The maximum absolute atomic E-state index is 12.1. The first-order valence-corrected chi connectivity index (χ1v) is 7.69. The van der Waals surface area contributed by atoms with Crippen LogP contribution in [0.1, 0.15) is 34.4 Å². The number of amides is 2. The lowest BCUT2D eigenvalue weighted by Crippen LogP contribution is -2.51. The Labute approximate surface area is 149 Å². The van der Waals surface area contributed by atoms with Crippen molar-refractivity contribution in [1.29, 1.82) is 0 Å². The molecule has 8 heteroatoms. The summed E-state index contributed by atoms with van der Waals surface area (Å²) in [5, 5.41) is 29.4. The van der Waals surface area contributed by atoms with Gasteiger partial charge in [0.1, 0.15) is 18.4 Å². The van der Waals surface area contributed by atoms with Gasteiger partial charge in [0.25, 0.3) is 11.8 Å². The molecule has 5 N–H and O–H groups in total. The summed E-state index contributed by atoms with van der Waals surface area (Å²) in [4.78, 5) is 23.6. The van der Waals surface area contributed by atoms with Crippen LogP contribution in [-0.4, -0.2) is 39.4 Å². The minimum absolute atomic E-state index is 0.201. The zero-order chi connectivity index (χ0) is 19.1. The van der Waals surface area contributed by atoms with Gasteiger partial charge in [-0.25, -0.2) is 5.48 Å². The van der Waals surface area contributed by atoms with Gasteiger partial charge in [-0.05, 0) is 49.2 Å². The number of aliphatic hydroxyl groups is 2. The molecule has 0 aliphatic heterocycles. The van der Waals surface area contributed by atoms with E-state index in [0.29, 0.717) is 17.1 Å². The van der Waals surface area contributed by atoms with E-state index in [2.05, 4.69) is 17.2 Å². The van der Waals surface area contributed by atoms with Gasteiger partial charge < -0.3 is 19.9 Å². The predicted molar refractivity (Wildman–Crippen MR) is 89.9 cm³/mol. The maximum Gasteiger partial charge on any atom is 0.268 e. The monoisotopic (exact) mass is 358 g/mol. The zero-order valence-electron chi connectivity index (χ0n) is 13.9. The summed E-state index contributed by atoms with van der Waals surface area (Å²) in [5.74, 6) is 4.97. The molecular weight excluding hydrogens is 340 g/mol. The van der Waals surface area contributed by atoms with Crippen molar-refractivity contribution in [3.8, 4) is 11.8 Å². The van der Waals surface area contributed by atoms with Gasteiger partial charge in [-0.15, -0.1) is 0 Å². The number of nitrogens with one attached hydrogen (secondary N) is 2. The molecule has 0 radical (unpaired) electrons. The Balaban J connectivity index is 2.06. The number of furan rings is 1. The van der Waals surface area contributed by atoms with Crippen molar-refractivity contribution in [2.24, 2.45) is 0 Å². The highest BCUT2D eigenvalue weighted by molar-refractivity contribution is 5.97. The second kappa shape index (κ2) is 8.82. The Bertz CT molecular complexity index is 829. The van der Waals surface area contributed by atoms with Gasteiger partial charge in [-0.3, -0.25) is 14.8 Å². The molecule has 136 valence electrons. The van der Waals surface area contributed by atoms with Gasteiger partial charge in [0.15, 0.2) is 5.76 Å². The highest BCUT2D eigenvalue weighted by Crippen LogP contribution is 2.08. The van der Waals surface area contributed by atoms with Crippen molar-refractivity contribution in [2.75, 3.05) is 0 Å². The molecule has 0 spiro atoms. The first-order chi connectivity index (χ1) is 12.4. The molecule has 0 saturated carbocycles. The van der Waals surface area contributed by atoms with Crippen LogP contribution in [0.5, 0.6) is 0 Å². The number of rotatable bonds is 5. The van der Waals surface area contributed by atoms with E-state index in [0.717, 1.165) is 0 Å². The van der Waals surface area contributed by atoms with Crippen molar-refractivity contribution in [3.63, 3.8) is 0 Å². The number of carbonyl (C=O) groups excluding carboxylic acids is 2. The fourth-order valence-corrected chi connectivity index (χ4v) is 2.07. The Morgan fingerprint density at radius 3 is 2.38 bits per heavy atom. The molecule has 1 heterocycles. The minimum atomic E-state index is -1.29. The molecule has 2 rings (SSSR count). The lowest BCUT2D eigenvalue weighted by Gasteiger charge is -2.19. The van der Waals surface area contributed by atoms with Crippen LogP contribution in [0.3, 0.4) is 0 Å². The van der Waals surface area contributed by atoms with E-state index >= 15 is 0 Å². The highest BCUT2D eigenvalue weighted by atomic mass is 16.5. The maximum atomic E-state index is 12.1. The molecule has 26 heavy (non-hydrogen) atoms. The third kappa shape index (κ3) is 4.94. The number of hydrogen-bond donors (Lipinski definition) is 5. The van der Waals surface area contributed by atoms with E-state index in [-0.39, 0.29) is 12.2 Å². The molecule has 0 aliphatic carbocycles. The Hall–Kier alpha value is -3.12. The summed E-state index contributed by atoms with van der Waals surface area (Å²) < 4.78 is 5.25. The second-order valence-electron chi connectivity index (χ2n) is 5.42. The van der Waals surface area contributed by atoms with Crippen LogP contribution in [0, 0.1) is 11.8 Å². The van der Waals surface area contributed by atoms with Gasteiger partial charge in [0, 0.05) is 11.1 Å². The van der Waals surface area contributed by atoms with Gasteiger partial charge in [0.2, 0.25) is 0 Å². The standard InChI is InChI=1S/C18H18N2O6/c1-11(22)16(18(24)20-25)19-17(23)13-5-2-12(3-6-13)4-7-14-8-9-15(10-21)26-14/h2-3,5-6,8-9,11,16,21-22,25H,10H2,1H3,(H,19,23)(H,20,24)/t11-,16-/m1/s1. The first kappa shape index (κ1) is 19.2. The van der Waals surface area contributed by atoms with E-state index in [4.69, 9.17) is 14.7 Å². The molecule has 0 bridgehead atoms. The van der Waals surface area contributed by atoms with E-state index in [9.17, 15) is 14.7 Å². The molecule has 0 fully saturated rings. The molecule has 1 aromatic heterocycles. The van der Waals surface area contributed by atoms with Gasteiger partial charge >= 0.3 is 0 Å². The largest absolute Gasteiger partial charge is 0.450 e. The van der Waals surface area contributed by atoms with Gasteiger partial charge in [0.05, 0.1) is 6.10 Å². The highest BCUT2D eigenvalue weighted by Gasteiger charge is 2.25. The van der Waals surface area contributed by atoms with Gasteiger partial charge in [-0.1, -0.05) is 5.92 Å². The molecule has 0 aliphatic rings. The smallest absolute Gasteiger partial charge is 0.268 e. The summed E-state index contributed by atoms with van der Waals surface area (Å²) in [6.45, 7) is 1.11. The summed E-state index contributed by atoms with van der Waals surface area (Å²) in [6, 6.07) is 8.23. The third-order valence-corrected chi connectivity index (χ3v) is 3.46. The predicted octanol–water partition coefficient (Wildman–Crippen LogP) is 0.156. The quantitative estimate of drug-likeness (QED) is 0.294. The summed E-state index contributed by atoms with van der Waals surface area (Å²) in [6.07, 6.45) is -1.19. The molecule has 0 unspecified atom stereocenters.